The van der Waals surface area contributed by atoms with Crippen molar-refractivity contribution in [2.45, 2.75) is 38.0 Å². The molecule has 1 aromatic carbocycles. The van der Waals surface area contributed by atoms with Gasteiger partial charge in [0.25, 0.3) is 5.91 Å². The van der Waals surface area contributed by atoms with Crippen molar-refractivity contribution in [1.82, 2.24) is 10.6 Å². The van der Waals surface area contributed by atoms with Gasteiger partial charge >= 0.3 is 0 Å². The first-order valence-corrected chi connectivity index (χ1v) is 6.40. The molecule has 1 aromatic rings. The lowest BCUT2D eigenvalue weighted by Crippen LogP contribution is -2.52. The fraction of sp³-hybridized carbons (Fsp3) is 0.429. The minimum atomic E-state index is -0.592. The van der Waals surface area contributed by atoms with Gasteiger partial charge in [-0.2, -0.15) is 0 Å². The molecule has 1 unspecified atom stereocenters. The van der Waals surface area contributed by atoms with Crippen molar-refractivity contribution < 1.29 is 14.7 Å². The van der Waals surface area contributed by atoms with E-state index in [0.717, 1.165) is 0 Å². The number of carbonyl (C=O) groups excluding carboxylic acids is 2. The number of hydrogen-bond donors (Lipinski definition) is 3. The molecule has 0 spiro atoms. The second-order valence-electron chi connectivity index (χ2n) is 4.89. The summed E-state index contributed by atoms with van der Waals surface area (Å²) in [4.78, 5) is 23.7. The van der Waals surface area contributed by atoms with E-state index in [9.17, 15) is 9.59 Å². The van der Waals surface area contributed by atoms with E-state index in [1.807, 2.05) is 6.07 Å². The molecule has 2 amide bonds. The quantitative estimate of drug-likeness (QED) is 0.737. The molecule has 3 N–H and O–H groups in total. The second-order valence-corrected chi connectivity index (χ2v) is 4.89. The monoisotopic (exact) mass is 262 g/mol. The summed E-state index contributed by atoms with van der Waals surface area (Å²) in [6.45, 7) is 1.64. The Morgan fingerprint density at radius 1 is 1.26 bits per heavy atom. The van der Waals surface area contributed by atoms with Gasteiger partial charge in [-0.1, -0.05) is 18.2 Å². The van der Waals surface area contributed by atoms with Crippen molar-refractivity contribution in [3.63, 3.8) is 0 Å². The van der Waals surface area contributed by atoms with Gasteiger partial charge in [-0.25, -0.2) is 0 Å². The van der Waals surface area contributed by atoms with Crippen LogP contribution in [0.2, 0.25) is 0 Å². The van der Waals surface area contributed by atoms with Crippen molar-refractivity contribution >= 4 is 11.8 Å². The Morgan fingerprint density at radius 3 is 2.47 bits per heavy atom. The van der Waals surface area contributed by atoms with Crippen LogP contribution in [0.5, 0.6) is 0 Å². The molecule has 0 aromatic heterocycles. The highest BCUT2D eigenvalue weighted by Gasteiger charge is 2.29. The lowest BCUT2D eigenvalue weighted by Gasteiger charge is -2.32. The zero-order chi connectivity index (χ0) is 13.8. The molecule has 0 radical (unpaired) electrons. The third kappa shape index (κ3) is 3.54. The predicted molar refractivity (Wildman–Crippen MR) is 70.5 cm³/mol. The Kier molecular flexibility index (Phi) is 4.16. The maximum Gasteiger partial charge on any atom is 0.251 e. The van der Waals surface area contributed by atoms with Crippen LogP contribution in [-0.2, 0) is 4.79 Å². The maximum absolute atomic E-state index is 11.8. The van der Waals surface area contributed by atoms with Gasteiger partial charge in [0.2, 0.25) is 5.91 Å². The van der Waals surface area contributed by atoms with E-state index in [0.29, 0.717) is 18.4 Å². The Bertz CT molecular complexity index is 455. The fourth-order valence-electron chi connectivity index (χ4n) is 1.97. The normalized spacial score (nSPS) is 23.1. The number of benzene rings is 1. The lowest BCUT2D eigenvalue weighted by atomic mass is 9.89. The summed E-state index contributed by atoms with van der Waals surface area (Å²) in [6.07, 6.45) is 0.871. The minimum Gasteiger partial charge on any atom is -0.393 e. The molecule has 1 saturated carbocycles. The van der Waals surface area contributed by atoms with E-state index >= 15 is 0 Å². The van der Waals surface area contributed by atoms with Crippen LogP contribution in [0.15, 0.2) is 30.3 Å². The SMILES string of the molecule is CC(NC(=O)c1ccccc1)C(=O)NC1CC(O)C1. The summed E-state index contributed by atoms with van der Waals surface area (Å²) in [5.41, 5.74) is 0.529. The van der Waals surface area contributed by atoms with Crippen LogP contribution in [0.1, 0.15) is 30.1 Å². The smallest absolute Gasteiger partial charge is 0.251 e. The van der Waals surface area contributed by atoms with Crippen LogP contribution in [0.4, 0.5) is 0 Å². The van der Waals surface area contributed by atoms with E-state index in [1.165, 1.54) is 0 Å². The van der Waals surface area contributed by atoms with Crippen molar-refractivity contribution in [1.29, 1.82) is 0 Å². The maximum atomic E-state index is 11.8. The summed E-state index contributed by atoms with van der Waals surface area (Å²) in [7, 11) is 0. The first-order chi connectivity index (χ1) is 9.06. The highest BCUT2D eigenvalue weighted by atomic mass is 16.3. The van der Waals surface area contributed by atoms with Crippen molar-refractivity contribution in [2.75, 3.05) is 0 Å². The molecule has 1 aliphatic rings. The number of aliphatic hydroxyl groups is 1. The molecule has 5 heteroatoms. The Hall–Kier alpha value is -1.88. The second kappa shape index (κ2) is 5.84. The van der Waals surface area contributed by atoms with Crippen LogP contribution in [0.25, 0.3) is 0 Å². The van der Waals surface area contributed by atoms with E-state index < -0.39 is 6.04 Å². The molecule has 0 aliphatic heterocycles. The Labute approximate surface area is 112 Å². The average Bonchev–Trinajstić information content (AvgIpc) is 2.37. The number of hydrogen-bond acceptors (Lipinski definition) is 3. The molecule has 1 aliphatic carbocycles. The predicted octanol–water partition coefficient (Wildman–Crippen LogP) is 0.444. The van der Waals surface area contributed by atoms with Crippen LogP contribution in [-0.4, -0.2) is 35.1 Å². The summed E-state index contributed by atoms with van der Waals surface area (Å²) >= 11 is 0. The number of rotatable bonds is 4. The molecular weight excluding hydrogens is 244 g/mol. The third-order valence-corrected chi connectivity index (χ3v) is 3.24. The van der Waals surface area contributed by atoms with Crippen LogP contribution in [0.3, 0.4) is 0 Å². The topological polar surface area (TPSA) is 78.4 Å². The Morgan fingerprint density at radius 2 is 1.89 bits per heavy atom. The van der Waals surface area contributed by atoms with Crippen molar-refractivity contribution in [3.05, 3.63) is 35.9 Å². The van der Waals surface area contributed by atoms with Crippen LogP contribution in [0, 0.1) is 0 Å². The third-order valence-electron chi connectivity index (χ3n) is 3.24. The van der Waals surface area contributed by atoms with Gasteiger partial charge in [-0.3, -0.25) is 9.59 Å². The number of carbonyl (C=O) groups is 2. The largest absolute Gasteiger partial charge is 0.393 e. The number of nitrogens with one attached hydrogen (secondary N) is 2. The molecule has 0 saturated heterocycles. The molecule has 0 bridgehead atoms. The van der Waals surface area contributed by atoms with Crippen LogP contribution < -0.4 is 10.6 Å². The summed E-state index contributed by atoms with van der Waals surface area (Å²) in [6, 6.07) is 8.20. The van der Waals surface area contributed by atoms with E-state index in [-0.39, 0.29) is 24.0 Å². The highest BCUT2D eigenvalue weighted by molar-refractivity contribution is 5.97. The molecule has 0 heterocycles. The summed E-state index contributed by atoms with van der Waals surface area (Å²) in [5.74, 6) is -0.488. The van der Waals surface area contributed by atoms with Gasteiger partial charge in [0, 0.05) is 11.6 Å². The van der Waals surface area contributed by atoms with Gasteiger partial charge in [0.1, 0.15) is 6.04 Å². The molecule has 19 heavy (non-hydrogen) atoms. The zero-order valence-electron chi connectivity index (χ0n) is 10.8. The summed E-state index contributed by atoms with van der Waals surface area (Å²) < 4.78 is 0. The fourth-order valence-corrected chi connectivity index (χ4v) is 1.97. The van der Waals surface area contributed by atoms with Crippen molar-refractivity contribution in [2.24, 2.45) is 0 Å². The minimum absolute atomic E-state index is 0.0265. The zero-order valence-corrected chi connectivity index (χ0v) is 10.8. The molecule has 2 rings (SSSR count). The Balaban J connectivity index is 1.81. The first-order valence-electron chi connectivity index (χ1n) is 6.40. The average molecular weight is 262 g/mol. The van der Waals surface area contributed by atoms with E-state index in [1.54, 1.807) is 31.2 Å². The van der Waals surface area contributed by atoms with Crippen LogP contribution >= 0.6 is 0 Å². The number of aliphatic hydroxyl groups excluding tert-OH is 1. The van der Waals surface area contributed by atoms with Gasteiger partial charge in [0.05, 0.1) is 6.10 Å². The molecular formula is C14H18N2O3. The summed E-state index contributed by atoms with van der Waals surface area (Å²) in [5, 5.41) is 14.6. The van der Waals surface area contributed by atoms with Gasteiger partial charge in [-0.05, 0) is 31.9 Å². The van der Waals surface area contributed by atoms with E-state index in [2.05, 4.69) is 10.6 Å². The van der Waals surface area contributed by atoms with Gasteiger partial charge in [0.15, 0.2) is 0 Å². The molecule has 1 fully saturated rings. The number of amides is 2. The molecule has 1 atom stereocenters. The van der Waals surface area contributed by atoms with Crippen molar-refractivity contribution in [3.8, 4) is 0 Å². The molecule has 5 nitrogen and oxygen atoms in total. The standard InChI is InChI=1S/C14H18N2O3/c1-9(13(18)16-11-7-12(17)8-11)15-14(19)10-5-3-2-4-6-10/h2-6,9,11-12,17H,7-8H2,1H3,(H,15,19)(H,16,18). The van der Waals surface area contributed by atoms with E-state index in [4.69, 9.17) is 5.11 Å². The highest BCUT2D eigenvalue weighted by Crippen LogP contribution is 2.19. The molecule has 102 valence electrons. The van der Waals surface area contributed by atoms with Gasteiger partial charge < -0.3 is 15.7 Å². The first kappa shape index (κ1) is 13.5. The van der Waals surface area contributed by atoms with Gasteiger partial charge in [-0.15, -0.1) is 0 Å². The lowest BCUT2D eigenvalue weighted by molar-refractivity contribution is -0.124.